The smallest absolute Gasteiger partial charge is 0.261 e. The van der Waals surface area contributed by atoms with E-state index in [4.69, 9.17) is 10.00 Å². The molecule has 1 rings (SSSR count). The molecule has 0 bridgehead atoms. The number of benzene rings is 1. The third-order valence-corrected chi connectivity index (χ3v) is 2.46. The van der Waals surface area contributed by atoms with Gasteiger partial charge in [0.05, 0.1) is 0 Å². The zero-order valence-electron chi connectivity index (χ0n) is 11.0. The van der Waals surface area contributed by atoms with E-state index in [0.29, 0.717) is 19.6 Å². The summed E-state index contributed by atoms with van der Waals surface area (Å²) in [4.78, 5) is 11.7. The Hall–Kier alpha value is -2.26. The average Bonchev–Trinajstić information content (AvgIpc) is 2.43. The molecule has 0 aliphatic carbocycles. The number of hydrogen-bond donors (Lipinski definition) is 1. The molecule has 0 saturated carbocycles. The molecule has 1 aromatic rings. The predicted octanol–water partition coefficient (Wildman–Crippen LogP) is 2.02. The van der Waals surface area contributed by atoms with Crippen molar-refractivity contribution >= 4 is 12.0 Å². The van der Waals surface area contributed by atoms with Gasteiger partial charge in [0, 0.05) is 25.8 Å². The molecular formula is C14H14F2N2O2. The fourth-order valence-corrected chi connectivity index (χ4v) is 1.46. The van der Waals surface area contributed by atoms with E-state index in [0.717, 1.165) is 18.2 Å². The van der Waals surface area contributed by atoms with E-state index < -0.39 is 23.1 Å². The van der Waals surface area contributed by atoms with Crippen molar-refractivity contribution in [2.45, 2.75) is 6.42 Å². The molecule has 0 radical (unpaired) electrons. The van der Waals surface area contributed by atoms with Crippen molar-refractivity contribution in [3.8, 4) is 6.07 Å². The van der Waals surface area contributed by atoms with Gasteiger partial charge in [0.15, 0.2) is 0 Å². The Morgan fingerprint density at radius 3 is 2.65 bits per heavy atom. The lowest BCUT2D eigenvalue weighted by Crippen LogP contribution is -2.26. The molecule has 1 N–H and O–H groups in total. The fraction of sp³-hybridized carbons (Fsp3) is 0.286. The Balaban J connectivity index is 2.82. The van der Waals surface area contributed by atoms with Crippen molar-refractivity contribution in [1.82, 2.24) is 5.32 Å². The minimum Gasteiger partial charge on any atom is -0.385 e. The maximum atomic E-state index is 13.4. The fourth-order valence-electron chi connectivity index (χ4n) is 1.46. The van der Waals surface area contributed by atoms with Crippen molar-refractivity contribution in [3.05, 3.63) is 41.0 Å². The van der Waals surface area contributed by atoms with Crippen molar-refractivity contribution < 1.29 is 18.3 Å². The minimum atomic E-state index is -0.829. The van der Waals surface area contributed by atoms with Gasteiger partial charge in [-0.3, -0.25) is 4.79 Å². The lowest BCUT2D eigenvalue weighted by Gasteiger charge is -2.04. The zero-order valence-corrected chi connectivity index (χ0v) is 11.0. The number of hydrogen-bond acceptors (Lipinski definition) is 3. The highest BCUT2D eigenvalue weighted by atomic mass is 19.1. The van der Waals surface area contributed by atoms with Crippen LogP contribution < -0.4 is 5.32 Å². The van der Waals surface area contributed by atoms with E-state index >= 15 is 0 Å². The van der Waals surface area contributed by atoms with Gasteiger partial charge in [-0.15, -0.1) is 0 Å². The van der Waals surface area contributed by atoms with E-state index in [9.17, 15) is 13.6 Å². The number of carbonyl (C=O) groups is 1. The van der Waals surface area contributed by atoms with Crippen LogP contribution in [0.1, 0.15) is 12.0 Å². The first-order valence-corrected chi connectivity index (χ1v) is 5.93. The Bertz CT molecular complexity index is 530. The van der Waals surface area contributed by atoms with Crippen LogP contribution in [0.15, 0.2) is 23.8 Å². The molecule has 0 saturated heterocycles. The summed E-state index contributed by atoms with van der Waals surface area (Å²) in [7, 11) is 1.53. The molecule has 0 aliphatic heterocycles. The van der Waals surface area contributed by atoms with Gasteiger partial charge in [-0.05, 0) is 24.6 Å². The summed E-state index contributed by atoms with van der Waals surface area (Å²) >= 11 is 0. The Labute approximate surface area is 115 Å². The lowest BCUT2D eigenvalue weighted by molar-refractivity contribution is -0.117. The van der Waals surface area contributed by atoms with Crippen LogP contribution >= 0.6 is 0 Å². The highest BCUT2D eigenvalue weighted by Gasteiger charge is 2.12. The van der Waals surface area contributed by atoms with E-state index in [2.05, 4.69) is 5.32 Å². The number of nitrogens with one attached hydrogen (secondary N) is 1. The lowest BCUT2D eigenvalue weighted by atomic mass is 10.1. The quantitative estimate of drug-likeness (QED) is 0.492. The number of carbonyl (C=O) groups excluding carboxylic acids is 1. The third-order valence-electron chi connectivity index (χ3n) is 2.46. The summed E-state index contributed by atoms with van der Waals surface area (Å²) in [6, 6.07) is 4.95. The Morgan fingerprint density at radius 2 is 2.10 bits per heavy atom. The van der Waals surface area contributed by atoms with Gasteiger partial charge in [0.25, 0.3) is 5.91 Å². The highest BCUT2D eigenvalue weighted by Crippen LogP contribution is 2.15. The third kappa shape index (κ3) is 4.44. The molecule has 1 amide bonds. The largest absolute Gasteiger partial charge is 0.385 e. The van der Waals surface area contributed by atoms with Crippen molar-refractivity contribution in [3.63, 3.8) is 0 Å². The molecule has 1 aromatic carbocycles. The van der Waals surface area contributed by atoms with E-state index in [1.54, 1.807) is 6.07 Å². The number of ether oxygens (including phenoxy) is 1. The van der Waals surface area contributed by atoms with Crippen LogP contribution in [0.5, 0.6) is 0 Å². The van der Waals surface area contributed by atoms with Crippen LogP contribution in [-0.2, 0) is 9.53 Å². The molecule has 0 aromatic heterocycles. The van der Waals surface area contributed by atoms with E-state index in [-0.39, 0.29) is 5.57 Å². The predicted molar refractivity (Wildman–Crippen MR) is 69.5 cm³/mol. The van der Waals surface area contributed by atoms with Crippen LogP contribution in [-0.4, -0.2) is 26.2 Å². The molecule has 6 heteroatoms. The molecule has 0 spiro atoms. The van der Waals surface area contributed by atoms with Gasteiger partial charge >= 0.3 is 0 Å². The molecule has 0 fully saturated rings. The topological polar surface area (TPSA) is 62.1 Å². The Morgan fingerprint density at radius 1 is 1.45 bits per heavy atom. The second-order valence-electron chi connectivity index (χ2n) is 3.91. The summed E-state index contributed by atoms with van der Waals surface area (Å²) in [5, 5.41) is 11.4. The zero-order chi connectivity index (χ0) is 15.0. The SMILES string of the molecule is COCCCNC(=O)/C(C#N)=C/c1c(F)cccc1F. The van der Waals surface area contributed by atoms with Crippen LogP contribution in [0.2, 0.25) is 0 Å². The van der Waals surface area contributed by atoms with E-state index in [1.807, 2.05) is 0 Å². The van der Waals surface area contributed by atoms with Crippen LogP contribution in [0.3, 0.4) is 0 Å². The molecule has 0 atom stereocenters. The number of rotatable bonds is 6. The molecule has 0 heterocycles. The van der Waals surface area contributed by atoms with Gasteiger partial charge < -0.3 is 10.1 Å². The van der Waals surface area contributed by atoms with Gasteiger partial charge in [0.1, 0.15) is 23.3 Å². The molecule has 106 valence electrons. The number of halogens is 2. The Kier molecular flexibility index (Phi) is 6.33. The standard InChI is InChI=1S/C14H14F2N2O2/c1-20-7-3-6-18-14(19)10(9-17)8-11-12(15)4-2-5-13(11)16/h2,4-5,8H,3,6-7H2,1H3,(H,18,19)/b10-8+. The highest BCUT2D eigenvalue weighted by molar-refractivity contribution is 6.01. The maximum absolute atomic E-state index is 13.4. The van der Waals surface area contributed by atoms with E-state index in [1.165, 1.54) is 13.2 Å². The van der Waals surface area contributed by atoms with Gasteiger partial charge in [-0.2, -0.15) is 5.26 Å². The van der Waals surface area contributed by atoms with Crippen molar-refractivity contribution in [2.24, 2.45) is 0 Å². The minimum absolute atomic E-state index is 0.311. The number of nitrogens with zero attached hydrogens (tertiary/aromatic N) is 1. The van der Waals surface area contributed by atoms with Gasteiger partial charge in [-0.25, -0.2) is 8.78 Å². The second-order valence-corrected chi connectivity index (χ2v) is 3.91. The van der Waals surface area contributed by atoms with Crippen LogP contribution in [0.4, 0.5) is 8.78 Å². The molecule has 4 nitrogen and oxygen atoms in total. The molecule has 20 heavy (non-hydrogen) atoms. The molecule has 0 unspecified atom stereocenters. The monoisotopic (exact) mass is 280 g/mol. The number of nitriles is 1. The first-order valence-electron chi connectivity index (χ1n) is 5.93. The second kappa shape index (κ2) is 8.02. The summed E-state index contributed by atoms with van der Waals surface area (Å²) in [5.41, 5.74) is -0.762. The summed E-state index contributed by atoms with van der Waals surface area (Å²) in [6.07, 6.45) is 1.48. The van der Waals surface area contributed by atoms with Crippen LogP contribution in [0.25, 0.3) is 6.08 Å². The van der Waals surface area contributed by atoms with Gasteiger partial charge in [-0.1, -0.05) is 6.07 Å². The van der Waals surface area contributed by atoms with Crippen LogP contribution in [0, 0.1) is 23.0 Å². The first-order chi connectivity index (χ1) is 9.60. The van der Waals surface area contributed by atoms with Crippen molar-refractivity contribution in [1.29, 1.82) is 5.26 Å². The number of methoxy groups -OCH3 is 1. The summed E-state index contributed by atoms with van der Waals surface area (Å²) in [5.74, 6) is -2.33. The summed E-state index contributed by atoms with van der Waals surface area (Å²) < 4.78 is 31.6. The average molecular weight is 280 g/mol. The number of amides is 1. The molecule has 0 aliphatic rings. The van der Waals surface area contributed by atoms with Crippen molar-refractivity contribution in [2.75, 3.05) is 20.3 Å². The normalized spacial score (nSPS) is 11.0. The van der Waals surface area contributed by atoms with Gasteiger partial charge in [0.2, 0.25) is 0 Å². The first kappa shape index (κ1) is 15.8. The summed E-state index contributed by atoms with van der Waals surface area (Å²) in [6.45, 7) is 0.777. The maximum Gasteiger partial charge on any atom is 0.261 e. The molecular weight excluding hydrogens is 266 g/mol.